The van der Waals surface area contributed by atoms with Crippen molar-refractivity contribution in [3.8, 4) is 10.7 Å². The summed E-state index contributed by atoms with van der Waals surface area (Å²) in [4.78, 5) is 22.2. The molecule has 5 heteroatoms. The molecule has 0 unspecified atom stereocenters. The maximum atomic E-state index is 12.3. The number of unbranched alkanes of at least 4 members (excludes halogenated alkanes) is 3. The third-order valence-electron chi connectivity index (χ3n) is 3.43. The van der Waals surface area contributed by atoms with Crippen molar-refractivity contribution in [3.63, 3.8) is 0 Å². The van der Waals surface area contributed by atoms with Gasteiger partial charge in [0.15, 0.2) is 0 Å². The Morgan fingerprint density at radius 2 is 2.09 bits per heavy atom. The third kappa shape index (κ3) is 4.37. The Labute approximate surface area is 136 Å². The molecule has 0 atom stereocenters. The van der Waals surface area contributed by atoms with Gasteiger partial charge >= 0.3 is 0 Å². The predicted molar refractivity (Wildman–Crippen MR) is 91.2 cm³/mol. The molecule has 4 nitrogen and oxygen atoms in total. The maximum Gasteiger partial charge on any atom is 0.271 e. The summed E-state index contributed by atoms with van der Waals surface area (Å²) in [5, 5.41) is 3.80. The van der Waals surface area contributed by atoms with E-state index in [1.165, 1.54) is 12.8 Å². The molecule has 0 spiro atoms. The van der Waals surface area contributed by atoms with Crippen LogP contribution in [0.1, 0.15) is 54.9 Å². The fourth-order valence-electron chi connectivity index (χ4n) is 2.21. The molecule has 2 rings (SSSR count). The maximum absolute atomic E-state index is 12.3. The molecule has 0 aromatic carbocycles. The summed E-state index contributed by atoms with van der Waals surface area (Å²) in [6.07, 6.45) is 7.16. The van der Waals surface area contributed by atoms with Crippen LogP contribution in [0.25, 0.3) is 10.7 Å². The fourth-order valence-corrected chi connectivity index (χ4v) is 3.18. The van der Waals surface area contributed by atoms with Crippen LogP contribution in [0.2, 0.25) is 0 Å². The highest BCUT2D eigenvalue weighted by atomic mass is 32.1. The lowest BCUT2D eigenvalue weighted by Gasteiger charge is -2.04. The first-order chi connectivity index (χ1) is 10.8. The van der Waals surface area contributed by atoms with Gasteiger partial charge in [-0.1, -0.05) is 39.2 Å². The number of nitrogens with one attached hydrogen (secondary N) is 1. The zero-order valence-corrected chi connectivity index (χ0v) is 14.1. The van der Waals surface area contributed by atoms with Crippen molar-refractivity contribution < 1.29 is 4.79 Å². The Kier molecular flexibility index (Phi) is 6.52. The van der Waals surface area contributed by atoms with E-state index < -0.39 is 0 Å². The number of thiazole rings is 1. The molecule has 22 heavy (non-hydrogen) atoms. The van der Waals surface area contributed by atoms with E-state index in [1.54, 1.807) is 17.5 Å². The number of rotatable bonds is 8. The van der Waals surface area contributed by atoms with Gasteiger partial charge in [0.05, 0.1) is 5.69 Å². The van der Waals surface area contributed by atoms with Crippen LogP contribution in [-0.2, 0) is 6.42 Å². The topological polar surface area (TPSA) is 54.9 Å². The first-order valence-corrected chi connectivity index (χ1v) is 8.77. The number of nitrogens with zero attached hydrogens (tertiary/aromatic N) is 2. The molecule has 2 heterocycles. The molecule has 0 aliphatic heterocycles. The molecular formula is C17H23N3OS. The Morgan fingerprint density at radius 3 is 2.77 bits per heavy atom. The van der Waals surface area contributed by atoms with E-state index in [2.05, 4.69) is 22.2 Å². The summed E-state index contributed by atoms with van der Waals surface area (Å²) >= 11 is 1.55. The molecule has 0 aliphatic carbocycles. The SMILES string of the molecule is CCCCCCNC(=O)c1nc(-c2ccccn2)sc1CC. The summed E-state index contributed by atoms with van der Waals surface area (Å²) in [6.45, 7) is 4.95. The zero-order valence-electron chi connectivity index (χ0n) is 13.3. The third-order valence-corrected chi connectivity index (χ3v) is 4.66. The lowest BCUT2D eigenvalue weighted by Crippen LogP contribution is -2.25. The number of hydrogen-bond acceptors (Lipinski definition) is 4. The van der Waals surface area contributed by atoms with E-state index >= 15 is 0 Å². The second-order valence-electron chi connectivity index (χ2n) is 5.18. The Morgan fingerprint density at radius 1 is 1.23 bits per heavy atom. The molecule has 1 N–H and O–H groups in total. The highest BCUT2D eigenvalue weighted by Crippen LogP contribution is 2.27. The molecule has 1 amide bonds. The zero-order chi connectivity index (χ0) is 15.8. The van der Waals surface area contributed by atoms with Crippen molar-refractivity contribution in [1.82, 2.24) is 15.3 Å². The minimum atomic E-state index is -0.0632. The standard InChI is InChI=1S/C17H23N3OS/c1-3-5-6-8-12-19-16(21)15-14(4-2)22-17(20-15)13-10-7-9-11-18-13/h7,9-11H,3-6,8,12H2,1-2H3,(H,19,21). The van der Waals surface area contributed by atoms with Gasteiger partial charge in [-0.05, 0) is 25.0 Å². The Bertz CT molecular complexity index is 595. The van der Waals surface area contributed by atoms with E-state index in [4.69, 9.17) is 0 Å². The quantitative estimate of drug-likeness (QED) is 0.746. The number of aromatic nitrogens is 2. The van der Waals surface area contributed by atoms with Crippen molar-refractivity contribution in [2.45, 2.75) is 46.0 Å². The van der Waals surface area contributed by atoms with E-state index in [-0.39, 0.29) is 5.91 Å². The van der Waals surface area contributed by atoms with Crippen molar-refractivity contribution in [2.75, 3.05) is 6.54 Å². The van der Waals surface area contributed by atoms with Crippen LogP contribution < -0.4 is 5.32 Å². The van der Waals surface area contributed by atoms with E-state index in [1.807, 2.05) is 25.1 Å². The van der Waals surface area contributed by atoms with E-state index in [9.17, 15) is 4.79 Å². The fraction of sp³-hybridized carbons (Fsp3) is 0.471. The molecule has 0 saturated heterocycles. The normalized spacial score (nSPS) is 10.6. The average molecular weight is 317 g/mol. The smallest absolute Gasteiger partial charge is 0.271 e. The van der Waals surface area contributed by atoms with Crippen LogP contribution in [-0.4, -0.2) is 22.4 Å². The summed E-state index contributed by atoms with van der Waals surface area (Å²) < 4.78 is 0. The van der Waals surface area contributed by atoms with E-state index in [0.29, 0.717) is 5.69 Å². The van der Waals surface area contributed by atoms with Gasteiger partial charge in [0.2, 0.25) is 0 Å². The average Bonchev–Trinajstić information content (AvgIpc) is 3.00. The van der Waals surface area contributed by atoms with Crippen molar-refractivity contribution in [3.05, 3.63) is 35.0 Å². The van der Waals surface area contributed by atoms with Crippen LogP contribution in [0.3, 0.4) is 0 Å². The van der Waals surface area contributed by atoms with Gasteiger partial charge < -0.3 is 5.32 Å². The van der Waals surface area contributed by atoms with Gasteiger partial charge in [-0.3, -0.25) is 9.78 Å². The van der Waals surface area contributed by atoms with Gasteiger partial charge in [-0.2, -0.15) is 0 Å². The van der Waals surface area contributed by atoms with Crippen LogP contribution in [0, 0.1) is 0 Å². The van der Waals surface area contributed by atoms with Gasteiger partial charge in [0, 0.05) is 17.6 Å². The Hall–Kier alpha value is -1.75. The summed E-state index contributed by atoms with van der Waals surface area (Å²) in [5.41, 5.74) is 1.38. The van der Waals surface area contributed by atoms with Gasteiger partial charge in [-0.15, -0.1) is 11.3 Å². The number of amides is 1. The van der Waals surface area contributed by atoms with Crippen molar-refractivity contribution in [2.24, 2.45) is 0 Å². The molecule has 2 aromatic heterocycles. The number of aryl methyl sites for hydroxylation is 1. The minimum absolute atomic E-state index is 0.0632. The highest BCUT2D eigenvalue weighted by Gasteiger charge is 2.17. The summed E-state index contributed by atoms with van der Waals surface area (Å²) in [7, 11) is 0. The number of pyridine rings is 1. The van der Waals surface area contributed by atoms with Gasteiger partial charge in [0.1, 0.15) is 10.7 Å². The lowest BCUT2D eigenvalue weighted by molar-refractivity contribution is 0.0948. The van der Waals surface area contributed by atoms with Gasteiger partial charge in [0.25, 0.3) is 5.91 Å². The highest BCUT2D eigenvalue weighted by molar-refractivity contribution is 7.15. The lowest BCUT2D eigenvalue weighted by atomic mass is 10.2. The molecular weight excluding hydrogens is 294 g/mol. The van der Waals surface area contributed by atoms with Crippen LogP contribution in [0.15, 0.2) is 24.4 Å². The summed E-state index contributed by atoms with van der Waals surface area (Å²) in [6, 6.07) is 5.73. The number of carbonyl (C=O) groups is 1. The van der Waals surface area contributed by atoms with Gasteiger partial charge in [-0.25, -0.2) is 4.98 Å². The second kappa shape index (κ2) is 8.63. The second-order valence-corrected chi connectivity index (χ2v) is 6.26. The first-order valence-electron chi connectivity index (χ1n) is 7.95. The predicted octanol–water partition coefficient (Wildman–Crippen LogP) is 4.08. The summed E-state index contributed by atoms with van der Waals surface area (Å²) in [5.74, 6) is -0.0632. The number of carbonyl (C=O) groups excluding carboxylic acids is 1. The molecule has 0 aliphatic rings. The molecule has 0 fully saturated rings. The monoisotopic (exact) mass is 317 g/mol. The molecule has 0 radical (unpaired) electrons. The molecule has 0 bridgehead atoms. The van der Waals surface area contributed by atoms with Crippen molar-refractivity contribution >= 4 is 17.2 Å². The van der Waals surface area contributed by atoms with Crippen LogP contribution in [0.4, 0.5) is 0 Å². The van der Waals surface area contributed by atoms with Crippen molar-refractivity contribution in [1.29, 1.82) is 0 Å². The van der Waals surface area contributed by atoms with E-state index in [0.717, 1.165) is 41.4 Å². The molecule has 0 saturated carbocycles. The minimum Gasteiger partial charge on any atom is -0.351 e. The molecule has 118 valence electrons. The van der Waals surface area contributed by atoms with Crippen LogP contribution in [0.5, 0.6) is 0 Å². The van der Waals surface area contributed by atoms with Crippen LogP contribution >= 0.6 is 11.3 Å². The Balaban J connectivity index is 2.03. The largest absolute Gasteiger partial charge is 0.351 e. The molecule has 2 aromatic rings. The first kappa shape index (κ1) is 16.6. The number of hydrogen-bond donors (Lipinski definition) is 1.